The molecular formula is C18H22O2Se. The standard InChI is InChI=1S/C18H22O2Se/c1-9-7-11(3)15(19)17(13(9)5)21-18-14(6)10(2)8-12(4)16(18)20/h7-8,19-20H,1-6H3. The van der Waals surface area contributed by atoms with Crippen molar-refractivity contribution in [3.8, 4) is 11.5 Å². The van der Waals surface area contributed by atoms with Gasteiger partial charge in [-0.1, -0.05) is 0 Å². The van der Waals surface area contributed by atoms with Crippen molar-refractivity contribution in [3.05, 3.63) is 45.5 Å². The molecule has 0 atom stereocenters. The van der Waals surface area contributed by atoms with Crippen LogP contribution in [0, 0.1) is 41.5 Å². The molecule has 0 bridgehead atoms. The van der Waals surface area contributed by atoms with E-state index in [-0.39, 0.29) is 15.0 Å². The third-order valence-electron chi connectivity index (χ3n) is 4.11. The van der Waals surface area contributed by atoms with Crippen molar-refractivity contribution in [1.29, 1.82) is 0 Å². The van der Waals surface area contributed by atoms with Crippen molar-refractivity contribution in [3.63, 3.8) is 0 Å². The molecule has 2 nitrogen and oxygen atoms in total. The number of aryl methyl sites for hydroxylation is 4. The first kappa shape index (κ1) is 15.9. The van der Waals surface area contributed by atoms with Crippen LogP contribution >= 0.6 is 0 Å². The zero-order valence-corrected chi connectivity index (χ0v) is 15.2. The van der Waals surface area contributed by atoms with Gasteiger partial charge in [0, 0.05) is 0 Å². The molecule has 0 fully saturated rings. The zero-order valence-electron chi connectivity index (χ0n) is 13.5. The van der Waals surface area contributed by atoms with Gasteiger partial charge in [0.2, 0.25) is 0 Å². The van der Waals surface area contributed by atoms with E-state index < -0.39 is 0 Å². The van der Waals surface area contributed by atoms with Crippen LogP contribution in [0.3, 0.4) is 0 Å². The summed E-state index contributed by atoms with van der Waals surface area (Å²) < 4.78 is 1.95. The molecule has 2 rings (SSSR count). The molecule has 0 radical (unpaired) electrons. The maximum absolute atomic E-state index is 10.4. The first-order valence-corrected chi connectivity index (χ1v) is 8.72. The van der Waals surface area contributed by atoms with E-state index in [0.717, 1.165) is 31.2 Å². The Morgan fingerprint density at radius 3 is 1.29 bits per heavy atom. The second-order valence-corrected chi connectivity index (χ2v) is 7.87. The fourth-order valence-corrected chi connectivity index (χ4v) is 5.25. The van der Waals surface area contributed by atoms with E-state index in [1.165, 1.54) is 11.1 Å². The fourth-order valence-electron chi connectivity index (χ4n) is 2.43. The number of rotatable bonds is 2. The zero-order chi connectivity index (χ0) is 15.9. The van der Waals surface area contributed by atoms with Gasteiger partial charge >= 0.3 is 133 Å². The number of phenolic OH excluding ortho intramolecular Hbond substituents is 2. The minimum atomic E-state index is -0.115. The Labute approximate surface area is 133 Å². The van der Waals surface area contributed by atoms with Gasteiger partial charge in [0.25, 0.3) is 0 Å². The van der Waals surface area contributed by atoms with Gasteiger partial charge < -0.3 is 0 Å². The van der Waals surface area contributed by atoms with E-state index in [4.69, 9.17) is 0 Å². The number of phenols is 2. The summed E-state index contributed by atoms with van der Waals surface area (Å²) in [5, 5.41) is 20.8. The molecule has 0 aliphatic carbocycles. The van der Waals surface area contributed by atoms with Crippen molar-refractivity contribution in [2.75, 3.05) is 0 Å². The molecule has 0 amide bonds. The van der Waals surface area contributed by atoms with Crippen molar-refractivity contribution in [1.82, 2.24) is 0 Å². The van der Waals surface area contributed by atoms with Crippen LogP contribution < -0.4 is 8.92 Å². The van der Waals surface area contributed by atoms with E-state index in [1.54, 1.807) is 0 Å². The summed E-state index contributed by atoms with van der Waals surface area (Å²) in [6.07, 6.45) is 0. The molecule has 0 saturated carbocycles. The van der Waals surface area contributed by atoms with Crippen LogP contribution in [-0.4, -0.2) is 25.2 Å². The molecule has 0 unspecified atom stereocenters. The summed E-state index contributed by atoms with van der Waals surface area (Å²) in [5.41, 5.74) is 6.41. The molecule has 2 aromatic carbocycles. The molecule has 0 aliphatic heterocycles. The van der Waals surface area contributed by atoms with Gasteiger partial charge in [0.1, 0.15) is 0 Å². The van der Waals surface area contributed by atoms with Gasteiger partial charge in [-0.2, -0.15) is 0 Å². The molecule has 0 heterocycles. The molecule has 0 aliphatic rings. The summed E-state index contributed by atoms with van der Waals surface area (Å²) in [5.74, 6) is 0.743. The van der Waals surface area contributed by atoms with Gasteiger partial charge in [-0.05, 0) is 0 Å². The van der Waals surface area contributed by atoms with Crippen molar-refractivity contribution in [2.45, 2.75) is 41.5 Å². The average Bonchev–Trinajstić information content (AvgIpc) is 2.42. The monoisotopic (exact) mass is 350 g/mol. The van der Waals surface area contributed by atoms with E-state index in [9.17, 15) is 10.2 Å². The van der Waals surface area contributed by atoms with E-state index in [1.807, 2.05) is 39.8 Å². The number of benzene rings is 2. The topological polar surface area (TPSA) is 40.5 Å². The predicted octanol–water partition coefficient (Wildman–Crippen LogP) is 2.60. The van der Waals surface area contributed by atoms with Crippen LogP contribution in [0.2, 0.25) is 0 Å². The Hall–Kier alpha value is -1.44. The van der Waals surface area contributed by atoms with Crippen LogP contribution in [-0.2, 0) is 0 Å². The van der Waals surface area contributed by atoms with Crippen LogP contribution in [0.15, 0.2) is 12.1 Å². The molecule has 21 heavy (non-hydrogen) atoms. The van der Waals surface area contributed by atoms with Gasteiger partial charge in [-0.3, -0.25) is 0 Å². The molecule has 0 spiro atoms. The first-order chi connectivity index (χ1) is 9.73. The number of hydrogen-bond acceptors (Lipinski definition) is 2. The number of aromatic hydroxyl groups is 2. The summed E-state index contributed by atoms with van der Waals surface area (Å²) in [4.78, 5) is 0. The van der Waals surface area contributed by atoms with Gasteiger partial charge in [0.15, 0.2) is 0 Å². The number of hydrogen-bond donors (Lipinski definition) is 2. The van der Waals surface area contributed by atoms with Crippen molar-refractivity contribution >= 4 is 23.9 Å². The summed E-state index contributed by atoms with van der Waals surface area (Å²) in [6.45, 7) is 12.1. The molecule has 0 aromatic heterocycles. The van der Waals surface area contributed by atoms with E-state index in [2.05, 4.69) is 13.8 Å². The van der Waals surface area contributed by atoms with Gasteiger partial charge in [-0.25, -0.2) is 0 Å². The Kier molecular flexibility index (Phi) is 4.36. The van der Waals surface area contributed by atoms with Crippen molar-refractivity contribution in [2.24, 2.45) is 0 Å². The average molecular weight is 349 g/mol. The quantitative estimate of drug-likeness (QED) is 0.819. The third kappa shape index (κ3) is 2.81. The third-order valence-corrected chi connectivity index (χ3v) is 7.06. The molecule has 2 N–H and O–H groups in total. The second kappa shape index (κ2) is 5.75. The minimum absolute atomic E-state index is 0.115. The normalized spacial score (nSPS) is 11.0. The summed E-state index contributed by atoms with van der Waals surface area (Å²) in [6, 6.07) is 4.02. The Morgan fingerprint density at radius 2 is 0.952 bits per heavy atom. The van der Waals surface area contributed by atoms with Gasteiger partial charge in [0.05, 0.1) is 0 Å². The second-order valence-electron chi connectivity index (χ2n) is 5.73. The molecular weight excluding hydrogens is 327 g/mol. The Balaban J connectivity index is 2.64. The van der Waals surface area contributed by atoms with E-state index >= 15 is 0 Å². The Bertz CT molecular complexity index is 604. The Morgan fingerprint density at radius 1 is 0.619 bits per heavy atom. The maximum atomic E-state index is 10.4. The molecule has 112 valence electrons. The molecule has 3 heteroatoms. The predicted molar refractivity (Wildman–Crippen MR) is 89.7 cm³/mol. The SMILES string of the molecule is Cc1cc(C)c(O)c([Se]c2c(C)c(C)cc(C)c2O)c1C. The summed E-state index contributed by atoms with van der Waals surface area (Å²) >= 11 is -0.115. The van der Waals surface area contributed by atoms with Crippen LogP contribution in [0.4, 0.5) is 0 Å². The summed E-state index contributed by atoms with van der Waals surface area (Å²) in [7, 11) is 0. The van der Waals surface area contributed by atoms with E-state index in [0.29, 0.717) is 11.5 Å². The van der Waals surface area contributed by atoms with Crippen LogP contribution in [0.25, 0.3) is 0 Å². The van der Waals surface area contributed by atoms with Crippen LogP contribution in [0.5, 0.6) is 11.5 Å². The fraction of sp³-hybridized carbons (Fsp3) is 0.333. The molecule has 2 aromatic rings. The van der Waals surface area contributed by atoms with Crippen LogP contribution in [0.1, 0.15) is 33.4 Å². The first-order valence-electron chi connectivity index (χ1n) is 7.01. The van der Waals surface area contributed by atoms with Gasteiger partial charge in [-0.15, -0.1) is 0 Å². The van der Waals surface area contributed by atoms with Crippen molar-refractivity contribution < 1.29 is 10.2 Å². The molecule has 0 saturated heterocycles.